The Kier molecular flexibility index (Phi) is 5.68. The van der Waals surface area contributed by atoms with Crippen LogP contribution < -0.4 is 5.32 Å². The molecule has 4 heteroatoms. The zero-order chi connectivity index (χ0) is 14.4. The van der Waals surface area contributed by atoms with E-state index in [1.54, 1.807) is 11.8 Å². The summed E-state index contributed by atoms with van der Waals surface area (Å²) in [4.78, 5) is 13.1. The molecule has 2 nitrogen and oxygen atoms in total. The van der Waals surface area contributed by atoms with Crippen molar-refractivity contribution in [1.82, 2.24) is 0 Å². The van der Waals surface area contributed by atoms with E-state index in [0.717, 1.165) is 27.0 Å². The number of carbonyl (C=O) groups excluding carboxylic acids is 1. The maximum absolute atomic E-state index is 12.0. The summed E-state index contributed by atoms with van der Waals surface area (Å²) in [5.41, 5.74) is 2.01. The highest BCUT2D eigenvalue weighted by molar-refractivity contribution is 9.10. The summed E-state index contributed by atoms with van der Waals surface area (Å²) in [7, 11) is 0. The fourth-order valence-corrected chi connectivity index (χ4v) is 2.82. The Morgan fingerprint density at radius 1 is 1.20 bits per heavy atom. The number of nitrogens with one attached hydrogen (secondary N) is 1. The zero-order valence-corrected chi connectivity index (χ0v) is 13.6. The molecule has 2 aromatic rings. The zero-order valence-electron chi connectivity index (χ0n) is 11.2. The van der Waals surface area contributed by atoms with Gasteiger partial charge in [-0.2, -0.15) is 0 Å². The van der Waals surface area contributed by atoms with Crippen molar-refractivity contribution in [2.45, 2.75) is 17.7 Å². The number of rotatable bonds is 5. The molecule has 0 aliphatic rings. The van der Waals surface area contributed by atoms with Gasteiger partial charge in [0, 0.05) is 21.5 Å². The highest BCUT2D eigenvalue weighted by Gasteiger charge is 2.05. The molecule has 0 fully saturated rings. The molecular weight excluding hydrogens is 334 g/mol. The molecule has 104 valence electrons. The Bertz CT molecular complexity index is 601. The van der Waals surface area contributed by atoms with E-state index in [1.165, 1.54) is 0 Å². The van der Waals surface area contributed by atoms with Gasteiger partial charge in [-0.1, -0.05) is 40.2 Å². The third kappa shape index (κ3) is 4.39. The number of thioether (sulfide) groups is 1. The summed E-state index contributed by atoms with van der Waals surface area (Å²) in [6.07, 6.45) is 3.23. The highest BCUT2D eigenvalue weighted by Crippen LogP contribution is 2.20. The van der Waals surface area contributed by atoms with E-state index in [4.69, 9.17) is 0 Å². The number of hydrogen-bond donors (Lipinski definition) is 1. The molecule has 0 aromatic heterocycles. The molecular formula is C16H16BrNOS. The summed E-state index contributed by atoms with van der Waals surface area (Å²) in [5, 5.41) is 2.94. The lowest BCUT2D eigenvalue weighted by Gasteiger charge is -2.07. The molecule has 0 saturated carbocycles. The summed E-state index contributed by atoms with van der Waals surface area (Å²) >= 11 is 5.16. The predicted octanol–water partition coefficient (Wildman–Crippen LogP) is 4.74. The fourth-order valence-electron chi connectivity index (χ4n) is 1.87. The minimum absolute atomic E-state index is 0.0407. The van der Waals surface area contributed by atoms with Gasteiger partial charge in [0.1, 0.15) is 0 Å². The fraction of sp³-hybridized carbons (Fsp3) is 0.188. The van der Waals surface area contributed by atoms with Gasteiger partial charge in [-0.05, 0) is 42.5 Å². The molecule has 2 rings (SSSR count). The third-order valence-electron chi connectivity index (χ3n) is 2.93. The van der Waals surface area contributed by atoms with E-state index < -0.39 is 0 Å². The topological polar surface area (TPSA) is 29.1 Å². The summed E-state index contributed by atoms with van der Waals surface area (Å²) in [5.74, 6) is 0.0407. The van der Waals surface area contributed by atoms with Crippen molar-refractivity contribution in [1.29, 1.82) is 0 Å². The number of benzene rings is 2. The second-order valence-corrected chi connectivity index (χ2v) is 6.11. The standard InChI is InChI=1S/C16H16BrNOS/c1-20-14-7-4-6-13(11-14)18-16(19)10-9-12-5-2-3-8-15(12)17/h2-8,11H,9-10H2,1H3,(H,18,19). The van der Waals surface area contributed by atoms with Gasteiger partial charge in [-0.15, -0.1) is 11.8 Å². The molecule has 1 N–H and O–H groups in total. The van der Waals surface area contributed by atoms with Gasteiger partial charge in [-0.3, -0.25) is 4.79 Å². The second kappa shape index (κ2) is 7.50. The number of hydrogen-bond acceptors (Lipinski definition) is 2. The average molecular weight is 350 g/mol. The first-order chi connectivity index (χ1) is 9.69. The molecule has 0 radical (unpaired) electrons. The maximum Gasteiger partial charge on any atom is 0.224 e. The normalized spacial score (nSPS) is 10.3. The van der Waals surface area contributed by atoms with Crippen molar-refractivity contribution in [2.75, 3.05) is 11.6 Å². The predicted molar refractivity (Wildman–Crippen MR) is 89.3 cm³/mol. The van der Waals surface area contributed by atoms with Crippen molar-refractivity contribution in [3.63, 3.8) is 0 Å². The Labute approximate surface area is 132 Å². The summed E-state index contributed by atoms with van der Waals surface area (Å²) in [6.45, 7) is 0. The van der Waals surface area contributed by atoms with Crippen molar-refractivity contribution < 1.29 is 4.79 Å². The van der Waals surface area contributed by atoms with Gasteiger partial charge < -0.3 is 5.32 Å². The lowest BCUT2D eigenvalue weighted by molar-refractivity contribution is -0.116. The van der Waals surface area contributed by atoms with Gasteiger partial charge in [0.15, 0.2) is 0 Å². The van der Waals surface area contributed by atoms with E-state index in [1.807, 2.05) is 54.8 Å². The van der Waals surface area contributed by atoms with E-state index >= 15 is 0 Å². The van der Waals surface area contributed by atoms with Crippen molar-refractivity contribution >= 4 is 39.3 Å². The van der Waals surface area contributed by atoms with Gasteiger partial charge in [0.2, 0.25) is 5.91 Å². The molecule has 0 atom stereocenters. The molecule has 0 bridgehead atoms. The molecule has 2 aromatic carbocycles. The molecule has 0 heterocycles. The smallest absolute Gasteiger partial charge is 0.224 e. The third-order valence-corrected chi connectivity index (χ3v) is 4.43. The van der Waals surface area contributed by atoms with Crippen LogP contribution in [-0.4, -0.2) is 12.2 Å². The van der Waals surface area contributed by atoms with E-state index in [0.29, 0.717) is 6.42 Å². The maximum atomic E-state index is 12.0. The molecule has 0 aliphatic heterocycles. The van der Waals surface area contributed by atoms with Crippen LogP contribution in [0.3, 0.4) is 0 Å². The quantitative estimate of drug-likeness (QED) is 0.789. The SMILES string of the molecule is CSc1cccc(NC(=O)CCc2ccccc2Br)c1. The van der Waals surface area contributed by atoms with Gasteiger partial charge in [0.05, 0.1) is 0 Å². The largest absolute Gasteiger partial charge is 0.326 e. The van der Waals surface area contributed by atoms with Crippen LogP contribution in [0.1, 0.15) is 12.0 Å². The molecule has 0 unspecified atom stereocenters. The van der Waals surface area contributed by atoms with Crippen LogP contribution in [0.4, 0.5) is 5.69 Å². The van der Waals surface area contributed by atoms with E-state index in [9.17, 15) is 4.79 Å². The van der Waals surface area contributed by atoms with Crippen LogP contribution in [-0.2, 0) is 11.2 Å². The number of carbonyl (C=O) groups is 1. The average Bonchev–Trinajstić information content (AvgIpc) is 2.46. The Morgan fingerprint density at radius 2 is 2.00 bits per heavy atom. The monoisotopic (exact) mass is 349 g/mol. The van der Waals surface area contributed by atoms with Gasteiger partial charge >= 0.3 is 0 Å². The minimum atomic E-state index is 0.0407. The second-order valence-electron chi connectivity index (χ2n) is 4.37. The van der Waals surface area contributed by atoms with Crippen LogP contribution in [0.2, 0.25) is 0 Å². The number of aryl methyl sites for hydroxylation is 1. The highest BCUT2D eigenvalue weighted by atomic mass is 79.9. The molecule has 0 spiro atoms. The van der Waals surface area contributed by atoms with E-state index in [2.05, 4.69) is 21.2 Å². The number of anilines is 1. The Balaban J connectivity index is 1.91. The molecule has 1 amide bonds. The lowest BCUT2D eigenvalue weighted by atomic mass is 10.1. The Hall–Kier alpha value is -1.26. The first-order valence-electron chi connectivity index (χ1n) is 6.36. The minimum Gasteiger partial charge on any atom is -0.326 e. The lowest BCUT2D eigenvalue weighted by Crippen LogP contribution is -2.12. The number of amides is 1. The van der Waals surface area contributed by atoms with Gasteiger partial charge in [-0.25, -0.2) is 0 Å². The van der Waals surface area contributed by atoms with Crippen LogP contribution in [0.15, 0.2) is 57.9 Å². The first kappa shape index (κ1) is 15.1. The van der Waals surface area contributed by atoms with Gasteiger partial charge in [0.25, 0.3) is 0 Å². The summed E-state index contributed by atoms with van der Waals surface area (Å²) < 4.78 is 1.05. The van der Waals surface area contributed by atoms with Crippen molar-refractivity contribution in [3.05, 3.63) is 58.6 Å². The van der Waals surface area contributed by atoms with Crippen LogP contribution >= 0.6 is 27.7 Å². The molecule has 20 heavy (non-hydrogen) atoms. The Morgan fingerprint density at radius 3 is 2.75 bits per heavy atom. The van der Waals surface area contributed by atoms with Crippen molar-refractivity contribution in [2.24, 2.45) is 0 Å². The molecule has 0 aliphatic carbocycles. The van der Waals surface area contributed by atoms with Crippen LogP contribution in [0.25, 0.3) is 0 Å². The summed E-state index contributed by atoms with van der Waals surface area (Å²) in [6, 6.07) is 15.9. The first-order valence-corrected chi connectivity index (χ1v) is 8.38. The van der Waals surface area contributed by atoms with Crippen LogP contribution in [0, 0.1) is 0 Å². The van der Waals surface area contributed by atoms with Crippen molar-refractivity contribution in [3.8, 4) is 0 Å². The molecule has 0 saturated heterocycles. The number of halogens is 1. The van der Waals surface area contributed by atoms with Crippen LogP contribution in [0.5, 0.6) is 0 Å². The van der Waals surface area contributed by atoms with E-state index in [-0.39, 0.29) is 5.91 Å².